The fourth-order valence-electron chi connectivity index (χ4n) is 2.31. The predicted molar refractivity (Wildman–Crippen MR) is 62.4 cm³/mol. The minimum atomic E-state index is -1.35. The van der Waals surface area contributed by atoms with E-state index in [1.807, 2.05) is 0 Å². The van der Waals surface area contributed by atoms with Crippen LogP contribution in [0.1, 0.15) is 24.5 Å². The Kier molecular flexibility index (Phi) is 2.77. The molecule has 0 bridgehead atoms. The first-order valence-electron chi connectivity index (χ1n) is 5.61. The van der Waals surface area contributed by atoms with Gasteiger partial charge in [-0.05, 0) is 31.0 Å². The van der Waals surface area contributed by atoms with E-state index in [0.717, 1.165) is 0 Å². The summed E-state index contributed by atoms with van der Waals surface area (Å²) in [6.45, 7) is 3.09. The van der Waals surface area contributed by atoms with Crippen LogP contribution in [0.25, 0.3) is 0 Å². The fraction of sp³-hybridized carbons (Fsp3) is 0.385. The van der Waals surface area contributed by atoms with Gasteiger partial charge in [0.2, 0.25) is 0 Å². The van der Waals surface area contributed by atoms with Crippen molar-refractivity contribution in [3.05, 3.63) is 23.3 Å². The molecule has 1 fully saturated rings. The SMILES string of the molecule is CC(=O)C1(c2cc(C)c(O)c(O)c2)CCOC1=O. The molecule has 18 heavy (non-hydrogen) atoms. The molecule has 1 aliphatic rings. The van der Waals surface area contributed by atoms with E-state index in [2.05, 4.69) is 0 Å². The van der Waals surface area contributed by atoms with Crippen LogP contribution in [-0.2, 0) is 19.7 Å². The number of phenols is 2. The van der Waals surface area contributed by atoms with Gasteiger partial charge in [-0.1, -0.05) is 6.07 Å². The van der Waals surface area contributed by atoms with Gasteiger partial charge in [0.25, 0.3) is 0 Å². The lowest BCUT2D eigenvalue weighted by molar-refractivity contribution is -0.146. The first kappa shape index (κ1) is 12.4. The maximum atomic E-state index is 11.9. The normalized spacial score (nSPS) is 22.9. The second-order valence-electron chi connectivity index (χ2n) is 4.51. The highest BCUT2D eigenvalue weighted by Crippen LogP contribution is 2.40. The molecule has 1 atom stereocenters. The Morgan fingerprint density at radius 1 is 1.39 bits per heavy atom. The first-order valence-corrected chi connectivity index (χ1v) is 5.61. The molecule has 2 N–H and O–H groups in total. The van der Waals surface area contributed by atoms with Crippen LogP contribution in [0.3, 0.4) is 0 Å². The van der Waals surface area contributed by atoms with E-state index in [0.29, 0.717) is 11.1 Å². The maximum absolute atomic E-state index is 11.9. The number of cyclic esters (lactones) is 1. The number of ketones is 1. The van der Waals surface area contributed by atoms with Crippen LogP contribution in [0.5, 0.6) is 11.5 Å². The predicted octanol–water partition coefficient (Wildman–Crippen LogP) is 1.18. The molecule has 0 radical (unpaired) electrons. The van der Waals surface area contributed by atoms with E-state index in [9.17, 15) is 19.8 Å². The van der Waals surface area contributed by atoms with Gasteiger partial charge in [0, 0.05) is 6.42 Å². The minimum Gasteiger partial charge on any atom is -0.504 e. The van der Waals surface area contributed by atoms with E-state index in [1.54, 1.807) is 6.92 Å². The molecule has 5 nitrogen and oxygen atoms in total. The number of carbonyl (C=O) groups excluding carboxylic acids is 2. The third-order valence-corrected chi connectivity index (χ3v) is 3.43. The van der Waals surface area contributed by atoms with Crippen LogP contribution >= 0.6 is 0 Å². The highest BCUT2D eigenvalue weighted by Gasteiger charge is 2.50. The number of phenolic OH excluding ortho intramolecular Hbond substituents is 2. The Hall–Kier alpha value is -2.04. The molecule has 1 aromatic carbocycles. The number of benzene rings is 1. The number of hydrogen-bond donors (Lipinski definition) is 2. The summed E-state index contributed by atoms with van der Waals surface area (Å²) in [6.07, 6.45) is 0.255. The van der Waals surface area contributed by atoms with Crippen molar-refractivity contribution in [2.75, 3.05) is 6.61 Å². The first-order chi connectivity index (χ1) is 8.39. The molecular weight excluding hydrogens is 236 g/mol. The number of rotatable bonds is 2. The number of esters is 1. The molecule has 2 rings (SSSR count). The third-order valence-electron chi connectivity index (χ3n) is 3.43. The standard InChI is InChI=1S/C13H14O5/c1-7-5-9(6-10(15)11(7)16)13(8(2)14)3-4-18-12(13)17/h5-6,15-16H,3-4H2,1-2H3. The zero-order valence-corrected chi connectivity index (χ0v) is 10.2. The molecule has 0 saturated carbocycles. The molecule has 5 heteroatoms. The van der Waals surface area contributed by atoms with E-state index >= 15 is 0 Å². The Labute approximate surface area is 104 Å². The van der Waals surface area contributed by atoms with Gasteiger partial charge < -0.3 is 14.9 Å². The second kappa shape index (κ2) is 4.01. The van der Waals surface area contributed by atoms with Crippen LogP contribution in [-0.4, -0.2) is 28.6 Å². The number of aryl methyl sites for hydroxylation is 1. The van der Waals surface area contributed by atoms with Gasteiger partial charge in [-0.15, -0.1) is 0 Å². The molecule has 1 aromatic rings. The molecule has 1 unspecified atom stereocenters. The highest BCUT2D eigenvalue weighted by atomic mass is 16.5. The van der Waals surface area contributed by atoms with Crippen LogP contribution < -0.4 is 0 Å². The van der Waals surface area contributed by atoms with Gasteiger partial charge in [0.15, 0.2) is 22.7 Å². The van der Waals surface area contributed by atoms with Gasteiger partial charge >= 0.3 is 5.97 Å². The molecule has 1 saturated heterocycles. The van der Waals surface area contributed by atoms with E-state index < -0.39 is 11.4 Å². The van der Waals surface area contributed by atoms with Gasteiger partial charge in [0.1, 0.15) is 0 Å². The van der Waals surface area contributed by atoms with Crippen molar-refractivity contribution < 1.29 is 24.5 Å². The summed E-state index contributed by atoms with van der Waals surface area (Å²) in [4.78, 5) is 23.7. The van der Waals surface area contributed by atoms with Crippen LogP contribution in [0.15, 0.2) is 12.1 Å². The largest absolute Gasteiger partial charge is 0.504 e. The number of Topliss-reactive ketones (excluding diaryl/α,β-unsaturated/α-hetero) is 1. The van der Waals surface area contributed by atoms with Gasteiger partial charge in [-0.3, -0.25) is 9.59 Å². The fourth-order valence-corrected chi connectivity index (χ4v) is 2.31. The summed E-state index contributed by atoms with van der Waals surface area (Å²) in [6, 6.07) is 2.78. The molecule has 1 aliphatic heterocycles. The van der Waals surface area contributed by atoms with Crippen LogP contribution in [0.2, 0.25) is 0 Å². The lowest BCUT2D eigenvalue weighted by Gasteiger charge is -2.22. The van der Waals surface area contributed by atoms with E-state index in [1.165, 1.54) is 19.1 Å². The third kappa shape index (κ3) is 1.54. The van der Waals surface area contributed by atoms with Gasteiger partial charge in [-0.25, -0.2) is 0 Å². The number of aromatic hydroxyl groups is 2. The van der Waals surface area contributed by atoms with Gasteiger partial charge in [0.05, 0.1) is 6.61 Å². The van der Waals surface area contributed by atoms with Crippen molar-refractivity contribution in [3.8, 4) is 11.5 Å². The Bertz CT molecular complexity index is 511. The van der Waals surface area contributed by atoms with Crippen molar-refractivity contribution >= 4 is 11.8 Å². The lowest BCUT2D eigenvalue weighted by atomic mass is 9.75. The molecule has 0 aliphatic carbocycles. The van der Waals surface area contributed by atoms with Crippen LogP contribution in [0.4, 0.5) is 0 Å². The summed E-state index contributed by atoms with van der Waals surface area (Å²) in [7, 11) is 0. The van der Waals surface area contributed by atoms with Crippen molar-refractivity contribution in [3.63, 3.8) is 0 Å². The summed E-state index contributed by atoms with van der Waals surface area (Å²) in [5.41, 5.74) is -0.578. The minimum absolute atomic E-state index is 0.180. The topological polar surface area (TPSA) is 83.8 Å². The maximum Gasteiger partial charge on any atom is 0.324 e. The summed E-state index contributed by atoms with van der Waals surface area (Å²) in [5.74, 6) is -1.51. The smallest absolute Gasteiger partial charge is 0.324 e. The number of hydrogen-bond acceptors (Lipinski definition) is 5. The number of carbonyl (C=O) groups is 2. The van der Waals surface area contributed by atoms with Crippen molar-refractivity contribution in [1.29, 1.82) is 0 Å². The summed E-state index contributed by atoms with van der Waals surface area (Å²) >= 11 is 0. The zero-order chi connectivity index (χ0) is 13.5. The average molecular weight is 250 g/mol. The second-order valence-corrected chi connectivity index (χ2v) is 4.51. The van der Waals surface area contributed by atoms with Crippen molar-refractivity contribution in [2.45, 2.75) is 25.7 Å². The van der Waals surface area contributed by atoms with Crippen molar-refractivity contribution in [1.82, 2.24) is 0 Å². The number of ether oxygens (including phenoxy) is 1. The van der Waals surface area contributed by atoms with Crippen molar-refractivity contribution in [2.24, 2.45) is 0 Å². The van der Waals surface area contributed by atoms with Gasteiger partial charge in [-0.2, -0.15) is 0 Å². The Morgan fingerprint density at radius 3 is 2.50 bits per heavy atom. The molecule has 0 amide bonds. The molecular formula is C13H14O5. The average Bonchev–Trinajstić information content (AvgIpc) is 2.68. The summed E-state index contributed by atoms with van der Waals surface area (Å²) < 4.78 is 4.89. The Morgan fingerprint density at radius 2 is 2.06 bits per heavy atom. The molecule has 0 aromatic heterocycles. The highest BCUT2D eigenvalue weighted by molar-refractivity contribution is 6.09. The Balaban J connectivity index is 2.65. The molecule has 1 heterocycles. The zero-order valence-electron chi connectivity index (χ0n) is 10.2. The van der Waals surface area contributed by atoms with E-state index in [4.69, 9.17) is 4.74 Å². The molecule has 0 spiro atoms. The summed E-state index contributed by atoms with van der Waals surface area (Å²) in [5, 5.41) is 19.1. The van der Waals surface area contributed by atoms with E-state index in [-0.39, 0.29) is 30.3 Å². The monoisotopic (exact) mass is 250 g/mol. The quantitative estimate of drug-likeness (QED) is 0.468. The van der Waals surface area contributed by atoms with Crippen LogP contribution in [0, 0.1) is 6.92 Å². The molecule has 96 valence electrons. The lowest BCUT2D eigenvalue weighted by Crippen LogP contribution is -2.38.